The van der Waals surface area contributed by atoms with Gasteiger partial charge >= 0.3 is 0 Å². The molecule has 0 saturated carbocycles. The van der Waals surface area contributed by atoms with Gasteiger partial charge in [0.1, 0.15) is 0 Å². The molecule has 2 heterocycles. The number of carbonyl (C=O) groups is 1. The molecule has 0 aromatic carbocycles. The maximum atomic E-state index is 12.2. The maximum Gasteiger partial charge on any atom is 0.226 e. The second kappa shape index (κ2) is 5.80. The molecule has 1 amide bonds. The van der Waals surface area contributed by atoms with Gasteiger partial charge in [0.05, 0.1) is 24.2 Å². The number of ether oxygens (including phenoxy) is 2. The molecule has 4 atom stereocenters. The Morgan fingerprint density at radius 2 is 2.35 bits per heavy atom. The van der Waals surface area contributed by atoms with Gasteiger partial charge in [-0.3, -0.25) is 4.79 Å². The van der Waals surface area contributed by atoms with Gasteiger partial charge < -0.3 is 20.1 Å². The lowest BCUT2D eigenvalue weighted by Crippen LogP contribution is -2.47. The molecule has 0 radical (unpaired) electrons. The van der Waals surface area contributed by atoms with E-state index >= 15 is 0 Å². The van der Waals surface area contributed by atoms with Crippen molar-refractivity contribution >= 4 is 5.91 Å². The van der Waals surface area contributed by atoms with E-state index in [-0.39, 0.29) is 30.1 Å². The third-order valence-electron chi connectivity index (χ3n) is 3.74. The van der Waals surface area contributed by atoms with Crippen molar-refractivity contribution in [3.8, 4) is 0 Å². The highest BCUT2D eigenvalue weighted by Crippen LogP contribution is 2.23. The zero-order valence-electron chi connectivity index (χ0n) is 10.6. The van der Waals surface area contributed by atoms with E-state index in [1.54, 1.807) is 7.11 Å². The molecule has 0 aliphatic carbocycles. The van der Waals surface area contributed by atoms with Crippen LogP contribution in [0.25, 0.3) is 0 Å². The molecule has 5 heteroatoms. The summed E-state index contributed by atoms with van der Waals surface area (Å²) in [5, 5.41) is 6.30. The second-order valence-corrected chi connectivity index (χ2v) is 4.76. The number of carbonyl (C=O) groups excluding carboxylic acids is 1. The first kappa shape index (κ1) is 12.8. The van der Waals surface area contributed by atoms with E-state index in [1.807, 2.05) is 0 Å². The Hall–Kier alpha value is -0.650. The molecule has 3 unspecified atom stereocenters. The van der Waals surface area contributed by atoms with Crippen molar-refractivity contribution in [2.24, 2.45) is 5.92 Å². The zero-order chi connectivity index (χ0) is 12.3. The summed E-state index contributed by atoms with van der Waals surface area (Å²) in [4.78, 5) is 12.2. The predicted octanol–water partition coefficient (Wildman–Crippen LogP) is -0.0955. The first-order valence-electron chi connectivity index (χ1n) is 6.41. The van der Waals surface area contributed by atoms with Crippen molar-refractivity contribution in [2.45, 2.75) is 38.0 Å². The molecule has 0 aromatic rings. The van der Waals surface area contributed by atoms with Crippen molar-refractivity contribution in [3.63, 3.8) is 0 Å². The summed E-state index contributed by atoms with van der Waals surface area (Å²) >= 11 is 0. The van der Waals surface area contributed by atoms with E-state index in [0.717, 1.165) is 25.9 Å². The number of amides is 1. The van der Waals surface area contributed by atoms with Gasteiger partial charge in [0.15, 0.2) is 0 Å². The van der Waals surface area contributed by atoms with Crippen molar-refractivity contribution in [2.75, 3.05) is 26.8 Å². The van der Waals surface area contributed by atoms with Gasteiger partial charge in [0, 0.05) is 26.8 Å². The minimum Gasteiger partial charge on any atom is -0.378 e. The summed E-state index contributed by atoms with van der Waals surface area (Å²) < 4.78 is 10.9. The molecule has 2 fully saturated rings. The highest BCUT2D eigenvalue weighted by atomic mass is 16.5. The lowest BCUT2D eigenvalue weighted by molar-refractivity contribution is -0.128. The molecule has 17 heavy (non-hydrogen) atoms. The van der Waals surface area contributed by atoms with Gasteiger partial charge in [0.25, 0.3) is 0 Å². The smallest absolute Gasteiger partial charge is 0.226 e. The average molecular weight is 242 g/mol. The normalized spacial score (nSPS) is 37.3. The third kappa shape index (κ3) is 2.78. The molecule has 0 bridgehead atoms. The molecule has 0 spiro atoms. The molecule has 2 aliphatic rings. The van der Waals surface area contributed by atoms with Crippen LogP contribution in [0, 0.1) is 5.92 Å². The van der Waals surface area contributed by atoms with Crippen molar-refractivity contribution in [3.05, 3.63) is 0 Å². The highest BCUT2D eigenvalue weighted by Gasteiger charge is 2.36. The van der Waals surface area contributed by atoms with Gasteiger partial charge in [-0.25, -0.2) is 0 Å². The van der Waals surface area contributed by atoms with Crippen molar-refractivity contribution < 1.29 is 14.3 Å². The second-order valence-electron chi connectivity index (χ2n) is 4.76. The molecule has 2 aliphatic heterocycles. The molecule has 2 rings (SSSR count). The SMILES string of the molecule is CCC1OCCC1C(=O)NC1CNC[C@@H]1OC. The molecular weight excluding hydrogens is 220 g/mol. The first-order valence-corrected chi connectivity index (χ1v) is 6.41. The topological polar surface area (TPSA) is 59.6 Å². The van der Waals surface area contributed by atoms with E-state index in [0.29, 0.717) is 6.61 Å². The standard InChI is InChI=1S/C12H22N2O3/c1-3-10-8(4-5-17-10)12(15)14-9-6-13-7-11(9)16-2/h8-11,13H,3-7H2,1-2H3,(H,14,15)/t8?,9?,10?,11-/m0/s1. The van der Waals surface area contributed by atoms with E-state index in [9.17, 15) is 4.79 Å². The predicted molar refractivity (Wildman–Crippen MR) is 63.7 cm³/mol. The Morgan fingerprint density at radius 1 is 1.53 bits per heavy atom. The Bertz CT molecular complexity index is 272. The Labute approximate surface area is 102 Å². The maximum absolute atomic E-state index is 12.2. The molecular formula is C12H22N2O3. The monoisotopic (exact) mass is 242 g/mol. The fraction of sp³-hybridized carbons (Fsp3) is 0.917. The van der Waals surface area contributed by atoms with Crippen LogP contribution in [0.5, 0.6) is 0 Å². The van der Waals surface area contributed by atoms with Gasteiger partial charge in [-0.2, -0.15) is 0 Å². The Balaban J connectivity index is 1.88. The summed E-state index contributed by atoms with van der Waals surface area (Å²) in [5.74, 6) is 0.128. The van der Waals surface area contributed by atoms with E-state index in [1.165, 1.54) is 0 Å². The minimum absolute atomic E-state index is 0.0121. The number of nitrogens with one attached hydrogen (secondary N) is 2. The Morgan fingerprint density at radius 3 is 3.06 bits per heavy atom. The van der Waals surface area contributed by atoms with Crippen LogP contribution >= 0.6 is 0 Å². The fourth-order valence-corrected chi connectivity index (χ4v) is 2.69. The fourth-order valence-electron chi connectivity index (χ4n) is 2.69. The highest BCUT2D eigenvalue weighted by molar-refractivity contribution is 5.80. The van der Waals surface area contributed by atoms with Crippen molar-refractivity contribution in [1.82, 2.24) is 10.6 Å². The van der Waals surface area contributed by atoms with Crippen LogP contribution in [0.3, 0.4) is 0 Å². The summed E-state index contributed by atoms with van der Waals surface area (Å²) in [6.07, 6.45) is 1.91. The summed E-state index contributed by atoms with van der Waals surface area (Å²) in [5.41, 5.74) is 0. The molecule has 5 nitrogen and oxygen atoms in total. The van der Waals surface area contributed by atoms with E-state index < -0.39 is 0 Å². The molecule has 2 N–H and O–H groups in total. The number of hydrogen-bond acceptors (Lipinski definition) is 4. The quantitative estimate of drug-likeness (QED) is 0.723. The summed E-state index contributed by atoms with van der Waals surface area (Å²) in [7, 11) is 1.68. The number of hydrogen-bond donors (Lipinski definition) is 2. The lowest BCUT2D eigenvalue weighted by Gasteiger charge is -2.22. The first-order chi connectivity index (χ1) is 8.26. The van der Waals surface area contributed by atoms with Crippen molar-refractivity contribution in [1.29, 1.82) is 0 Å². The molecule has 2 saturated heterocycles. The number of methoxy groups -OCH3 is 1. The van der Waals surface area contributed by atoms with Crippen LogP contribution in [0.4, 0.5) is 0 Å². The molecule has 98 valence electrons. The van der Waals surface area contributed by atoms with Gasteiger partial charge in [-0.05, 0) is 12.8 Å². The van der Waals surface area contributed by atoms with Gasteiger partial charge in [-0.1, -0.05) is 6.92 Å². The minimum atomic E-state index is 0.0121. The summed E-state index contributed by atoms with van der Waals surface area (Å²) in [6, 6.07) is 0.0885. The lowest BCUT2D eigenvalue weighted by atomic mass is 9.98. The van der Waals surface area contributed by atoms with Crippen LogP contribution in [0.2, 0.25) is 0 Å². The summed E-state index contributed by atoms with van der Waals surface area (Å²) in [6.45, 7) is 4.35. The third-order valence-corrected chi connectivity index (χ3v) is 3.74. The largest absolute Gasteiger partial charge is 0.378 e. The van der Waals surface area contributed by atoms with Crippen LogP contribution in [0.15, 0.2) is 0 Å². The molecule has 0 aromatic heterocycles. The number of rotatable bonds is 4. The van der Waals surface area contributed by atoms with Crippen LogP contribution in [-0.4, -0.2) is 51.0 Å². The zero-order valence-corrected chi connectivity index (χ0v) is 10.6. The average Bonchev–Trinajstić information content (AvgIpc) is 2.96. The Kier molecular flexibility index (Phi) is 4.36. The van der Waals surface area contributed by atoms with Crippen LogP contribution in [0.1, 0.15) is 19.8 Å². The van der Waals surface area contributed by atoms with E-state index in [4.69, 9.17) is 9.47 Å². The van der Waals surface area contributed by atoms with E-state index in [2.05, 4.69) is 17.6 Å². The van der Waals surface area contributed by atoms with Crippen LogP contribution < -0.4 is 10.6 Å². The van der Waals surface area contributed by atoms with Gasteiger partial charge in [-0.15, -0.1) is 0 Å². The van der Waals surface area contributed by atoms with Gasteiger partial charge in [0.2, 0.25) is 5.91 Å². The van der Waals surface area contributed by atoms with Crippen LogP contribution in [-0.2, 0) is 14.3 Å².